The molecule has 0 saturated carbocycles. The van der Waals surface area contributed by atoms with Gasteiger partial charge in [0.15, 0.2) is 0 Å². The van der Waals surface area contributed by atoms with Crippen LogP contribution < -0.4 is 5.32 Å². The maximum atomic E-state index is 8.71. The normalized spacial score (nSPS) is 11.8. The molecule has 1 aromatic carbocycles. The summed E-state index contributed by atoms with van der Waals surface area (Å²) in [5.41, 5.74) is 2.73. The molecule has 1 heterocycles. The Kier molecular flexibility index (Phi) is 3.40. The third-order valence-electron chi connectivity index (χ3n) is 2.48. The van der Waals surface area contributed by atoms with Gasteiger partial charge in [-0.05, 0) is 38.1 Å². The van der Waals surface area contributed by atoms with Crippen LogP contribution in [-0.2, 0) is 0 Å². The van der Waals surface area contributed by atoms with Gasteiger partial charge >= 0.3 is 0 Å². The largest absolute Gasteiger partial charge is 0.377 e. The first-order valence-electron chi connectivity index (χ1n) is 5.38. The molecule has 0 aliphatic heterocycles. The molecule has 2 rings (SSSR count). The van der Waals surface area contributed by atoms with E-state index in [0.717, 1.165) is 16.4 Å². The Balaban J connectivity index is 2.08. The van der Waals surface area contributed by atoms with Crippen molar-refractivity contribution in [1.82, 2.24) is 4.98 Å². The molecule has 86 valence electrons. The van der Waals surface area contributed by atoms with Crippen LogP contribution in [0.3, 0.4) is 0 Å². The van der Waals surface area contributed by atoms with E-state index in [9.17, 15) is 0 Å². The van der Waals surface area contributed by atoms with E-state index >= 15 is 0 Å². The Morgan fingerprint density at radius 1 is 1.35 bits per heavy atom. The monoisotopic (exact) mass is 243 g/mol. The Labute approximate surface area is 105 Å². The molecule has 4 heteroatoms. The van der Waals surface area contributed by atoms with Crippen molar-refractivity contribution in [2.75, 3.05) is 5.32 Å². The summed E-state index contributed by atoms with van der Waals surface area (Å²) in [4.78, 5) is 4.44. The van der Waals surface area contributed by atoms with Crippen molar-refractivity contribution < 1.29 is 0 Å². The molecule has 0 fully saturated rings. The average molecular weight is 243 g/mol. The van der Waals surface area contributed by atoms with Crippen molar-refractivity contribution in [3.8, 4) is 6.07 Å². The van der Waals surface area contributed by atoms with Crippen LogP contribution in [0, 0.1) is 18.3 Å². The maximum absolute atomic E-state index is 8.71. The lowest BCUT2D eigenvalue weighted by Gasteiger charge is -2.12. The maximum Gasteiger partial charge on any atom is 0.0991 e. The second-order valence-electron chi connectivity index (χ2n) is 3.85. The summed E-state index contributed by atoms with van der Waals surface area (Å²) in [7, 11) is 0. The van der Waals surface area contributed by atoms with Crippen LogP contribution in [0.25, 0.3) is 0 Å². The number of nitrogens with zero attached hydrogens (tertiary/aromatic N) is 2. The van der Waals surface area contributed by atoms with Gasteiger partial charge in [0.25, 0.3) is 0 Å². The molecule has 1 unspecified atom stereocenters. The Bertz CT molecular complexity index is 537. The van der Waals surface area contributed by atoms with E-state index in [-0.39, 0.29) is 6.04 Å². The zero-order valence-corrected chi connectivity index (χ0v) is 10.6. The quantitative estimate of drug-likeness (QED) is 0.897. The molecule has 0 spiro atoms. The SMILES string of the molecule is Cc1nc(C(C)Nc2ccc(C#N)cc2)cs1. The van der Waals surface area contributed by atoms with Gasteiger partial charge in [-0.3, -0.25) is 0 Å². The van der Waals surface area contributed by atoms with Crippen LogP contribution in [-0.4, -0.2) is 4.98 Å². The number of nitrogens with one attached hydrogen (secondary N) is 1. The summed E-state index contributed by atoms with van der Waals surface area (Å²) in [5.74, 6) is 0. The zero-order valence-electron chi connectivity index (χ0n) is 9.77. The molecule has 1 N–H and O–H groups in total. The molecular weight excluding hydrogens is 230 g/mol. The van der Waals surface area contributed by atoms with Gasteiger partial charge in [-0.1, -0.05) is 0 Å². The lowest BCUT2D eigenvalue weighted by atomic mass is 10.2. The minimum atomic E-state index is 0.174. The number of thiazole rings is 1. The lowest BCUT2D eigenvalue weighted by Crippen LogP contribution is -2.06. The minimum absolute atomic E-state index is 0.174. The summed E-state index contributed by atoms with van der Waals surface area (Å²) in [5, 5.41) is 15.2. The molecule has 2 aromatic rings. The predicted octanol–water partition coefficient (Wildman–Crippen LogP) is 3.50. The molecule has 0 aliphatic rings. The van der Waals surface area contributed by atoms with Gasteiger partial charge in [0.05, 0.1) is 28.4 Å². The standard InChI is InChI=1S/C13H13N3S/c1-9(13-8-17-10(2)16-13)15-12-5-3-11(7-14)4-6-12/h3-6,8-9,15H,1-2H3. The van der Waals surface area contributed by atoms with Crippen LogP contribution in [0.1, 0.15) is 29.2 Å². The van der Waals surface area contributed by atoms with E-state index in [2.05, 4.69) is 28.7 Å². The molecule has 3 nitrogen and oxygen atoms in total. The van der Waals surface area contributed by atoms with Crippen molar-refractivity contribution >= 4 is 17.0 Å². The van der Waals surface area contributed by atoms with E-state index in [1.165, 1.54) is 0 Å². The second kappa shape index (κ2) is 4.98. The fourth-order valence-electron chi connectivity index (χ4n) is 1.54. The number of aryl methyl sites for hydroxylation is 1. The Morgan fingerprint density at radius 2 is 2.06 bits per heavy atom. The van der Waals surface area contributed by atoms with Gasteiger partial charge < -0.3 is 5.32 Å². The van der Waals surface area contributed by atoms with Crippen LogP contribution in [0.4, 0.5) is 5.69 Å². The number of nitriles is 1. The molecule has 17 heavy (non-hydrogen) atoms. The van der Waals surface area contributed by atoms with E-state index in [4.69, 9.17) is 5.26 Å². The molecule has 0 radical (unpaired) electrons. The topological polar surface area (TPSA) is 48.7 Å². The summed E-state index contributed by atoms with van der Waals surface area (Å²) in [6, 6.07) is 9.71. The molecular formula is C13H13N3S. The highest BCUT2D eigenvalue weighted by Gasteiger charge is 2.08. The number of rotatable bonds is 3. The molecule has 0 saturated heterocycles. The van der Waals surface area contributed by atoms with Gasteiger partial charge in [-0.2, -0.15) is 5.26 Å². The summed E-state index contributed by atoms with van der Waals surface area (Å²) in [6.07, 6.45) is 0. The molecule has 0 bridgehead atoms. The first kappa shape index (κ1) is 11.6. The van der Waals surface area contributed by atoms with Gasteiger partial charge in [0.2, 0.25) is 0 Å². The summed E-state index contributed by atoms with van der Waals surface area (Å²) >= 11 is 1.66. The van der Waals surface area contributed by atoms with Crippen LogP contribution >= 0.6 is 11.3 Å². The number of hydrogen-bond donors (Lipinski definition) is 1. The van der Waals surface area contributed by atoms with Gasteiger partial charge in [0, 0.05) is 11.1 Å². The zero-order chi connectivity index (χ0) is 12.3. The third-order valence-corrected chi connectivity index (χ3v) is 3.27. The van der Waals surface area contributed by atoms with Crippen LogP contribution in [0.5, 0.6) is 0 Å². The lowest BCUT2D eigenvalue weighted by molar-refractivity contribution is 0.845. The summed E-state index contributed by atoms with van der Waals surface area (Å²) < 4.78 is 0. The summed E-state index contributed by atoms with van der Waals surface area (Å²) in [6.45, 7) is 4.08. The Hall–Kier alpha value is -1.86. The van der Waals surface area contributed by atoms with Crippen molar-refractivity contribution in [2.24, 2.45) is 0 Å². The molecule has 1 atom stereocenters. The van der Waals surface area contributed by atoms with E-state index in [1.807, 2.05) is 19.1 Å². The molecule has 0 aliphatic carbocycles. The fraction of sp³-hybridized carbons (Fsp3) is 0.231. The first-order chi connectivity index (χ1) is 8.19. The van der Waals surface area contributed by atoms with Crippen molar-refractivity contribution in [2.45, 2.75) is 19.9 Å². The number of aromatic nitrogens is 1. The highest BCUT2D eigenvalue weighted by atomic mass is 32.1. The Morgan fingerprint density at radius 3 is 2.59 bits per heavy atom. The average Bonchev–Trinajstić information content (AvgIpc) is 2.77. The number of anilines is 1. The minimum Gasteiger partial charge on any atom is -0.377 e. The smallest absolute Gasteiger partial charge is 0.0991 e. The number of hydrogen-bond acceptors (Lipinski definition) is 4. The van der Waals surface area contributed by atoms with E-state index in [0.29, 0.717) is 5.56 Å². The fourth-order valence-corrected chi connectivity index (χ4v) is 2.25. The van der Waals surface area contributed by atoms with E-state index in [1.54, 1.807) is 23.5 Å². The van der Waals surface area contributed by atoms with Gasteiger partial charge in [-0.15, -0.1) is 11.3 Å². The number of benzene rings is 1. The second-order valence-corrected chi connectivity index (χ2v) is 4.91. The highest BCUT2D eigenvalue weighted by molar-refractivity contribution is 7.09. The van der Waals surface area contributed by atoms with Crippen LogP contribution in [0.15, 0.2) is 29.6 Å². The van der Waals surface area contributed by atoms with Crippen molar-refractivity contribution in [3.63, 3.8) is 0 Å². The van der Waals surface area contributed by atoms with Gasteiger partial charge in [0.1, 0.15) is 0 Å². The molecule has 1 aromatic heterocycles. The van der Waals surface area contributed by atoms with Crippen molar-refractivity contribution in [1.29, 1.82) is 5.26 Å². The third kappa shape index (κ3) is 2.83. The first-order valence-corrected chi connectivity index (χ1v) is 6.26. The highest BCUT2D eigenvalue weighted by Crippen LogP contribution is 2.20. The van der Waals surface area contributed by atoms with Crippen LogP contribution in [0.2, 0.25) is 0 Å². The van der Waals surface area contributed by atoms with Crippen molar-refractivity contribution in [3.05, 3.63) is 45.9 Å². The molecule has 0 amide bonds. The van der Waals surface area contributed by atoms with Gasteiger partial charge in [-0.25, -0.2) is 4.98 Å². The predicted molar refractivity (Wildman–Crippen MR) is 70.0 cm³/mol. The van der Waals surface area contributed by atoms with E-state index < -0.39 is 0 Å².